The number of likely N-dealkylation sites (tertiary alicyclic amines) is 1. The molecule has 1 saturated carbocycles. The first-order valence-electron chi connectivity index (χ1n) is 5.64. The summed E-state index contributed by atoms with van der Waals surface area (Å²) >= 11 is 2.04. The number of rotatable bonds is 1. The number of fused-ring (bicyclic) bond motifs is 1. The van der Waals surface area contributed by atoms with Crippen LogP contribution in [0.3, 0.4) is 0 Å². The molecule has 2 fully saturated rings. The minimum Gasteiger partial charge on any atom is -0.264 e. The fraction of sp³-hybridized carbons (Fsp3) is 1.00. The lowest BCUT2D eigenvalue weighted by Gasteiger charge is -2.44. The molecule has 3 unspecified atom stereocenters. The average molecular weight is 200 g/mol. The topological polar surface area (TPSA) is 0 Å². The molecule has 2 aliphatic rings. The van der Waals surface area contributed by atoms with Gasteiger partial charge in [-0.25, -0.2) is 0 Å². The van der Waals surface area contributed by atoms with E-state index in [0.29, 0.717) is 0 Å². The molecule has 0 radical (unpaired) electrons. The third kappa shape index (κ3) is 2.04. The second-order valence-electron chi connectivity index (χ2n) is 4.98. The van der Waals surface area contributed by atoms with E-state index in [0.717, 1.165) is 11.8 Å². The van der Waals surface area contributed by atoms with Crippen LogP contribution in [0.1, 0.15) is 32.1 Å². The normalized spacial score (nSPS) is 45.7. The first-order chi connectivity index (χ1) is 6.23. The third-order valence-corrected chi connectivity index (χ3v) is 5.31. The lowest BCUT2D eigenvalue weighted by atomic mass is 9.75. The van der Waals surface area contributed by atoms with E-state index in [9.17, 15) is 0 Å². The molecule has 2 rings (SSSR count). The number of piperidine rings is 1. The molecule has 0 bridgehead atoms. The van der Waals surface area contributed by atoms with E-state index < -0.39 is 0 Å². The molecule has 2 heteroatoms. The van der Waals surface area contributed by atoms with Crippen molar-refractivity contribution in [1.29, 1.82) is 0 Å². The van der Waals surface area contributed by atoms with Gasteiger partial charge < -0.3 is 0 Å². The van der Waals surface area contributed by atoms with Crippen molar-refractivity contribution in [3.63, 3.8) is 0 Å². The van der Waals surface area contributed by atoms with Gasteiger partial charge in [-0.15, -0.1) is 0 Å². The van der Waals surface area contributed by atoms with Crippen molar-refractivity contribution in [1.82, 2.24) is 0 Å². The van der Waals surface area contributed by atoms with Crippen LogP contribution in [0.25, 0.3) is 0 Å². The molecule has 0 spiro atoms. The van der Waals surface area contributed by atoms with Crippen LogP contribution in [0.15, 0.2) is 0 Å². The summed E-state index contributed by atoms with van der Waals surface area (Å²) in [6, 6.07) is 0. The van der Waals surface area contributed by atoms with Gasteiger partial charge in [0.05, 0.1) is 32.1 Å². The Morgan fingerprint density at radius 3 is 2.46 bits per heavy atom. The van der Waals surface area contributed by atoms with Crippen molar-refractivity contribution in [2.24, 2.45) is 11.8 Å². The van der Waals surface area contributed by atoms with Gasteiger partial charge in [0.25, 0.3) is 0 Å². The molecule has 76 valence electrons. The standard InChI is InChI=1S/C11H22NS/c1-12(13-2)8-7-10-5-3-4-6-11(10)9-12/h10-11H,3-9H2,1-2H3/q+1. The van der Waals surface area contributed by atoms with Gasteiger partial charge >= 0.3 is 0 Å². The predicted octanol–water partition coefficient (Wildman–Crippen LogP) is 2.92. The highest BCUT2D eigenvalue weighted by atomic mass is 32.2. The highest BCUT2D eigenvalue weighted by Crippen LogP contribution is 2.40. The lowest BCUT2D eigenvalue weighted by Crippen LogP contribution is -2.49. The Bertz CT molecular complexity index is 183. The Hall–Kier alpha value is 0.310. The summed E-state index contributed by atoms with van der Waals surface area (Å²) in [4.78, 5) is 0. The number of hydrogen-bond acceptors (Lipinski definition) is 1. The van der Waals surface area contributed by atoms with Gasteiger partial charge in [-0.2, -0.15) is 0 Å². The van der Waals surface area contributed by atoms with E-state index in [2.05, 4.69) is 13.3 Å². The van der Waals surface area contributed by atoms with Crippen molar-refractivity contribution in [3.05, 3.63) is 0 Å². The van der Waals surface area contributed by atoms with Gasteiger partial charge in [0.1, 0.15) is 0 Å². The van der Waals surface area contributed by atoms with E-state index >= 15 is 0 Å². The van der Waals surface area contributed by atoms with Crippen molar-refractivity contribution in [3.8, 4) is 0 Å². The van der Waals surface area contributed by atoms with Crippen LogP contribution < -0.4 is 0 Å². The molecule has 1 nitrogen and oxygen atoms in total. The Morgan fingerprint density at radius 2 is 1.77 bits per heavy atom. The Balaban J connectivity index is 1.98. The molecule has 13 heavy (non-hydrogen) atoms. The van der Waals surface area contributed by atoms with Crippen LogP contribution in [0.2, 0.25) is 0 Å². The zero-order chi connectivity index (χ0) is 9.31. The van der Waals surface area contributed by atoms with Crippen molar-refractivity contribution in [2.75, 3.05) is 26.4 Å². The van der Waals surface area contributed by atoms with Crippen LogP contribution >= 0.6 is 11.9 Å². The second kappa shape index (κ2) is 3.82. The summed E-state index contributed by atoms with van der Waals surface area (Å²) in [5.41, 5.74) is 0. The summed E-state index contributed by atoms with van der Waals surface area (Å²) in [6.07, 6.45) is 9.79. The second-order valence-corrected chi connectivity index (χ2v) is 6.23. The van der Waals surface area contributed by atoms with Gasteiger partial charge in [-0.05, 0) is 18.8 Å². The predicted molar refractivity (Wildman–Crippen MR) is 59.5 cm³/mol. The maximum Gasteiger partial charge on any atom is 0.0921 e. The monoisotopic (exact) mass is 200 g/mol. The maximum absolute atomic E-state index is 2.41. The molecule has 0 aromatic heterocycles. The van der Waals surface area contributed by atoms with Gasteiger partial charge in [0.15, 0.2) is 0 Å². The minimum absolute atomic E-state index is 1.06. The molecular weight excluding hydrogens is 178 g/mol. The molecule has 1 saturated heterocycles. The Labute approximate surface area is 86.6 Å². The molecule has 1 aliphatic heterocycles. The van der Waals surface area contributed by atoms with Gasteiger partial charge in [0.2, 0.25) is 0 Å². The Morgan fingerprint density at radius 1 is 1.08 bits per heavy atom. The fourth-order valence-corrected chi connectivity index (χ4v) is 3.73. The van der Waals surface area contributed by atoms with Gasteiger partial charge in [-0.3, -0.25) is 3.89 Å². The highest BCUT2D eigenvalue weighted by molar-refractivity contribution is 7.93. The lowest BCUT2D eigenvalue weighted by molar-refractivity contribution is -0.786. The minimum atomic E-state index is 1.06. The van der Waals surface area contributed by atoms with E-state index in [1.54, 1.807) is 0 Å². The summed E-state index contributed by atoms with van der Waals surface area (Å²) < 4.78 is 1.27. The number of quaternary nitrogens is 1. The van der Waals surface area contributed by atoms with Crippen LogP contribution in [0.5, 0.6) is 0 Å². The van der Waals surface area contributed by atoms with Crippen LogP contribution in [0.4, 0.5) is 0 Å². The quantitative estimate of drug-likeness (QED) is 0.463. The average Bonchev–Trinajstić information content (AvgIpc) is 2.18. The molecule has 1 aliphatic carbocycles. The summed E-state index contributed by atoms with van der Waals surface area (Å²) in [6.45, 7) is 2.84. The van der Waals surface area contributed by atoms with Gasteiger partial charge in [0, 0.05) is 18.6 Å². The first-order valence-corrected chi connectivity index (χ1v) is 6.82. The molecule has 0 aromatic carbocycles. The van der Waals surface area contributed by atoms with Crippen LogP contribution in [0, 0.1) is 11.8 Å². The molecule has 1 heterocycles. The van der Waals surface area contributed by atoms with E-state index in [-0.39, 0.29) is 0 Å². The smallest absolute Gasteiger partial charge is 0.0921 e. The Kier molecular flexibility index (Phi) is 2.89. The molecular formula is C11H22NS+. The third-order valence-electron chi connectivity index (χ3n) is 4.10. The molecule has 0 amide bonds. The molecule has 0 N–H and O–H groups in total. The number of nitrogens with zero attached hydrogens (tertiary/aromatic N) is 1. The van der Waals surface area contributed by atoms with Crippen LogP contribution in [-0.4, -0.2) is 30.3 Å². The van der Waals surface area contributed by atoms with E-state index in [1.165, 1.54) is 49.1 Å². The number of hydrogen-bond donors (Lipinski definition) is 0. The molecule has 3 atom stereocenters. The zero-order valence-corrected chi connectivity index (χ0v) is 9.78. The highest BCUT2D eigenvalue weighted by Gasteiger charge is 2.38. The van der Waals surface area contributed by atoms with Gasteiger partial charge in [-0.1, -0.05) is 12.8 Å². The first kappa shape index (κ1) is 9.85. The zero-order valence-electron chi connectivity index (χ0n) is 8.96. The largest absolute Gasteiger partial charge is 0.264 e. The van der Waals surface area contributed by atoms with E-state index in [4.69, 9.17) is 0 Å². The SMILES string of the molecule is CS[N+]1(C)CCC2CCCCC2C1. The van der Waals surface area contributed by atoms with Crippen molar-refractivity contribution < 1.29 is 3.89 Å². The molecule has 0 aromatic rings. The maximum atomic E-state index is 2.41. The van der Waals surface area contributed by atoms with Crippen molar-refractivity contribution in [2.45, 2.75) is 32.1 Å². The van der Waals surface area contributed by atoms with Crippen LogP contribution in [-0.2, 0) is 0 Å². The summed E-state index contributed by atoms with van der Waals surface area (Å²) in [5.74, 6) is 2.15. The fourth-order valence-electron chi connectivity index (χ4n) is 3.10. The van der Waals surface area contributed by atoms with Crippen molar-refractivity contribution >= 4 is 11.9 Å². The summed E-state index contributed by atoms with van der Waals surface area (Å²) in [5, 5.41) is 0. The van der Waals surface area contributed by atoms with E-state index in [1.807, 2.05) is 11.9 Å². The summed E-state index contributed by atoms with van der Waals surface area (Å²) in [7, 11) is 2.41.